The van der Waals surface area contributed by atoms with Gasteiger partial charge in [-0.1, -0.05) is 35.9 Å². The van der Waals surface area contributed by atoms with Crippen molar-refractivity contribution in [3.05, 3.63) is 94.3 Å². The lowest BCUT2D eigenvalue weighted by Crippen LogP contribution is -2.31. The predicted octanol–water partition coefficient (Wildman–Crippen LogP) is 5.45. The number of ether oxygens (including phenoxy) is 2. The highest BCUT2D eigenvalue weighted by molar-refractivity contribution is 6.30. The lowest BCUT2D eigenvalue weighted by molar-refractivity contribution is -0.135. The quantitative estimate of drug-likeness (QED) is 0.402. The number of rotatable bonds is 8. The molecule has 1 aliphatic rings. The first kappa shape index (κ1) is 23.4. The van der Waals surface area contributed by atoms with Crippen LogP contribution >= 0.6 is 11.6 Å². The lowest BCUT2D eigenvalue weighted by atomic mass is 9.98. The molecular weight excluding hydrogens is 459 g/mol. The van der Waals surface area contributed by atoms with Crippen molar-refractivity contribution in [2.24, 2.45) is 5.10 Å². The van der Waals surface area contributed by atoms with E-state index in [2.05, 4.69) is 5.10 Å². The second kappa shape index (κ2) is 10.5. The molecule has 3 aromatic carbocycles. The van der Waals surface area contributed by atoms with Crippen LogP contribution in [-0.4, -0.2) is 36.1 Å². The monoisotopic (exact) mass is 480 g/mol. The number of hydrogen-bond acceptors (Lipinski definition) is 5. The third-order valence-corrected chi connectivity index (χ3v) is 5.60. The van der Waals surface area contributed by atoms with E-state index >= 15 is 0 Å². The van der Waals surface area contributed by atoms with Gasteiger partial charge in [-0.3, -0.25) is 9.59 Å². The zero-order valence-electron chi connectivity index (χ0n) is 18.4. The SMILES string of the molecule is CCOc1cc(C=O)ccc1OCC(=O)N1N=C(c2ccc(F)cc2)CC1c1ccc(Cl)cc1. The number of aldehydes is 1. The zero-order valence-corrected chi connectivity index (χ0v) is 19.2. The summed E-state index contributed by atoms with van der Waals surface area (Å²) >= 11 is 6.04. The Morgan fingerprint density at radius 3 is 2.50 bits per heavy atom. The molecule has 0 bridgehead atoms. The van der Waals surface area contributed by atoms with Gasteiger partial charge in [0.1, 0.15) is 12.1 Å². The molecule has 8 heteroatoms. The summed E-state index contributed by atoms with van der Waals surface area (Å²) in [5, 5.41) is 6.53. The summed E-state index contributed by atoms with van der Waals surface area (Å²) in [6, 6.07) is 17.6. The second-order valence-electron chi connectivity index (χ2n) is 7.61. The van der Waals surface area contributed by atoms with Crippen molar-refractivity contribution < 1.29 is 23.5 Å². The van der Waals surface area contributed by atoms with E-state index in [4.69, 9.17) is 21.1 Å². The van der Waals surface area contributed by atoms with Crippen LogP contribution in [0.3, 0.4) is 0 Å². The highest BCUT2D eigenvalue weighted by Crippen LogP contribution is 2.34. The summed E-state index contributed by atoms with van der Waals surface area (Å²) in [6.45, 7) is 1.91. The van der Waals surface area contributed by atoms with Crippen molar-refractivity contribution in [1.29, 1.82) is 0 Å². The maximum absolute atomic E-state index is 13.4. The summed E-state index contributed by atoms with van der Waals surface area (Å²) in [4.78, 5) is 24.3. The minimum absolute atomic E-state index is 0.287. The van der Waals surface area contributed by atoms with Crippen LogP contribution < -0.4 is 9.47 Å². The maximum atomic E-state index is 13.4. The van der Waals surface area contributed by atoms with Crippen LogP contribution in [0, 0.1) is 5.82 Å². The molecule has 0 aromatic heterocycles. The van der Waals surface area contributed by atoms with Crippen molar-refractivity contribution in [1.82, 2.24) is 5.01 Å². The summed E-state index contributed by atoms with van der Waals surface area (Å²) in [5.74, 6) is 0.0273. The molecule has 0 aliphatic carbocycles. The molecule has 1 atom stereocenters. The van der Waals surface area contributed by atoms with E-state index in [1.807, 2.05) is 19.1 Å². The smallest absolute Gasteiger partial charge is 0.281 e. The lowest BCUT2D eigenvalue weighted by Gasteiger charge is -2.22. The average Bonchev–Trinajstić information content (AvgIpc) is 3.29. The highest BCUT2D eigenvalue weighted by atomic mass is 35.5. The molecule has 34 heavy (non-hydrogen) atoms. The first-order valence-electron chi connectivity index (χ1n) is 10.7. The largest absolute Gasteiger partial charge is 0.490 e. The highest BCUT2D eigenvalue weighted by Gasteiger charge is 2.33. The van der Waals surface area contributed by atoms with Gasteiger partial charge in [-0.15, -0.1) is 0 Å². The number of carbonyl (C=O) groups is 2. The van der Waals surface area contributed by atoms with Crippen molar-refractivity contribution in [2.75, 3.05) is 13.2 Å². The predicted molar refractivity (Wildman–Crippen MR) is 127 cm³/mol. The molecule has 0 fully saturated rings. The first-order chi connectivity index (χ1) is 16.5. The molecule has 1 amide bonds. The molecule has 1 heterocycles. The Hall–Kier alpha value is -3.71. The van der Waals surface area contributed by atoms with Crippen molar-refractivity contribution in [3.8, 4) is 11.5 Å². The Labute approximate surface area is 201 Å². The number of amides is 1. The number of hydrazone groups is 1. The van der Waals surface area contributed by atoms with Crippen molar-refractivity contribution >= 4 is 29.5 Å². The van der Waals surface area contributed by atoms with Gasteiger partial charge >= 0.3 is 0 Å². The van der Waals surface area contributed by atoms with E-state index in [-0.39, 0.29) is 24.4 Å². The molecule has 4 rings (SSSR count). The molecule has 1 unspecified atom stereocenters. The van der Waals surface area contributed by atoms with Crippen LogP contribution in [0.2, 0.25) is 5.02 Å². The van der Waals surface area contributed by atoms with E-state index in [0.29, 0.717) is 47.1 Å². The van der Waals surface area contributed by atoms with Gasteiger partial charge in [0.2, 0.25) is 0 Å². The van der Waals surface area contributed by atoms with Gasteiger partial charge in [0.05, 0.1) is 18.4 Å². The van der Waals surface area contributed by atoms with Gasteiger partial charge in [0.25, 0.3) is 5.91 Å². The van der Waals surface area contributed by atoms with E-state index in [0.717, 1.165) is 11.1 Å². The Balaban J connectivity index is 1.58. The Bertz CT molecular complexity index is 1210. The van der Waals surface area contributed by atoms with Gasteiger partial charge in [-0.05, 0) is 60.5 Å². The number of benzene rings is 3. The summed E-state index contributed by atoms with van der Waals surface area (Å²) in [6.07, 6.45) is 1.17. The fourth-order valence-electron chi connectivity index (χ4n) is 3.69. The molecule has 0 spiro atoms. The fourth-order valence-corrected chi connectivity index (χ4v) is 3.82. The van der Waals surface area contributed by atoms with E-state index in [1.165, 1.54) is 17.1 Å². The molecule has 3 aromatic rings. The zero-order chi connectivity index (χ0) is 24.1. The van der Waals surface area contributed by atoms with Crippen LogP contribution in [0.4, 0.5) is 4.39 Å². The van der Waals surface area contributed by atoms with Gasteiger partial charge < -0.3 is 9.47 Å². The maximum Gasteiger partial charge on any atom is 0.281 e. The third kappa shape index (κ3) is 5.26. The molecule has 6 nitrogen and oxygen atoms in total. The van der Waals surface area contributed by atoms with Crippen LogP contribution in [-0.2, 0) is 4.79 Å². The van der Waals surface area contributed by atoms with Crippen LogP contribution in [0.1, 0.15) is 40.9 Å². The summed E-state index contributed by atoms with van der Waals surface area (Å²) < 4.78 is 24.7. The minimum atomic E-state index is -0.364. The van der Waals surface area contributed by atoms with Crippen molar-refractivity contribution in [3.63, 3.8) is 0 Å². The average molecular weight is 481 g/mol. The van der Waals surface area contributed by atoms with Gasteiger partial charge in [-0.2, -0.15) is 5.10 Å². The molecular formula is C26H22ClFN2O4. The second-order valence-corrected chi connectivity index (χ2v) is 8.05. The van der Waals surface area contributed by atoms with Gasteiger partial charge in [-0.25, -0.2) is 9.40 Å². The van der Waals surface area contributed by atoms with Gasteiger partial charge in [0, 0.05) is 17.0 Å². The molecule has 1 aliphatic heterocycles. The normalized spacial score (nSPS) is 15.1. The Kier molecular flexibility index (Phi) is 7.23. The van der Waals surface area contributed by atoms with Crippen LogP contribution in [0.5, 0.6) is 11.5 Å². The minimum Gasteiger partial charge on any atom is -0.490 e. The number of halogens is 2. The van der Waals surface area contributed by atoms with Gasteiger partial charge in [0.15, 0.2) is 18.1 Å². The standard InChI is InChI=1S/C26H22ClFN2O4/c1-2-33-25-13-17(15-31)3-12-24(25)34-16-26(32)30-23(19-4-8-20(27)9-5-19)14-22(29-30)18-6-10-21(28)11-7-18/h3-13,15,23H,2,14,16H2,1H3. The number of nitrogens with zero attached hydrogens (tertiary/aromatic N) is 2. The Morgan fingerprint density at radius 1 is 1.09 bits per heavy atom. The molecule has 0 radical (unpaired) electrons. The summed E-state index contributed by atoms with van der Waals surface area (Å²) in [5.41, 5.74) is 2.71. The van der Waals surface area contributed by atoms with E-state index < -0.39 is 0 Å². The molecule has 0 saturated heterocycles. The first-order valence-corrected chi connectivity index (χ1v) is 11.1. The fraction of sp³-hybridized carbons (Fsp3) is 0.192. The van der Waals surface area contributed by atoms with Crippen LogP contribution in [0.25, 0.3) is 0 Å². The summed E-state index contributed by atoms with van der Waals surface area (Å²) in [7, 11) is 0. The number of carbonyl (C=O) groups excluding carboxylic acids is 2. The van der Waals surface area contributed by atoms with E-state index in [9.17, 15) is 14.0 Å². The number of hydrogen-bond donors (Lipinski definition) is 0. The van der Waals surface area contributed by atoms with Crippen LogP contribution in [0.15, 0.2) is 71.8 Å². The molecule has 174 valence electrons. The molecule has 0 N–H and O–H groups in total. The molecule has 0 saturated carbocycles. The van der Waals surface area contributed by atoms with E-state index in [1.54, 1.807) is 42.5 Å². The van der Waals surface area contributed by atoms with Crippen molar-refractivity contribution in [2.45, 2.75) is 19.4 Å². The topological polar surface area (TPSA) is 68.2 Å². The third-order valence-electron chi connectivity index (χ3n) is 5.35. The Morgan fingerprint density at radius 2 is 1.82 bits per heavy atom.